The number of aryl methyl sites for hydroxylation is 1. The summed E-state index contributed by atoms with van der Waals surface area (Å²) >= 11 is 18.4. The first-order valence-corrected chi connectivity index (χ1v) is 9.07. The van der Waals surface area contributed by atoms with Crippen LogP contribution in [0.1, 0.15) is 22.5 Å². The molecule has 0 radical (unpaired) electrons. The minimum Gasteiger partial charge on any atom is -0.318 e. The number of nitriles is 1. The second kappa shape index (κ2) is 7.60. The van der Waals surface area contributed by atoms with E-state index in [0.717, 1.165) is 28.2 Å². The number of benzene rings is 2. The maximum atomic E-state index is 9.60. The summed E-state index contributed by atoms with van der Waals surface area (Å²) in [6.07, 6.45) is 1.86. The van der Waals surface area contributed by atoms with Crippen molar-refractivity contribution in [3.63, 3.8) is 0 Å². The van der Waals surface area contributed by atoms with Crippen molar-refractivity contribution in [1.29, 1.82) is 5.26 Å². The first-order chi connectivity index (χ1) is 12.4. The first kappa shape index (κ1) is 18.6. The number of rotatable bonds is 3. The summed E-state index contributed by atoms with van der Waals surface area (Å²) in [6.45, 7) is 4.01. The third-order valence-corrected chi connectivity index (χ3v) is 5.28. The van der Waals surface area contributed by atoms with Gasteiger partial charge in [0.15, 0.2) is 0 Å². The highest BCUT2D eigenvalue weighted by Crippen LogP contribution is 2.30. The minimum absolute atomic E-state index is 0.502. The van der Waals surface area contributed by atoms with Gasteiger partial charge >= 0.3 is 0 Å². The van der Waals surface area contributed by atoms with Crippen LogP contribution < -0.4 is 0 Å². The lowest BCUT2D eigenvalue weighted by Gasteiger charge is -2.11. The van der Waals surface area contributed by atoms with Crippen molar-refractivity contribution in [2.75, 3.05) is 0 Å². The summed E-state index contributed by atoms with van der Waals surface area (Å²) in [5.41, 5.74) is 5.14. The van der Waals surface area contributed by atoms with Crippen LogP contribution in [0, 0.1) is 25.2 Å². The normalized spacial score (nSPS) is 11.5. The molecule has 0 aliphatic heterocycles. The van der Waals surface area contributed by atoms with E-state index in [-0.39, 0.29) is 0 Å². The monoisotopic (exact) mass is 400 g/mol. The van der Waals surface area contributed by atoms with Crippen LogP contribution in [0.15, 0.2) is 48.5 Å². The van der Waals surface area contributed by atoms with Crippen molar-refractivity contribution < 1.29 is 0 Å². The zero-order valence-electron chi connectivity index (χ0n) is 14.2. The van der Waals surface area contributed by atoms with E-state index in [2.05, 4.69) is 10.6 Å². The summed E-state index contributed by atoms with van der Waals surface area (Å²) in [5, 5.41) is 11.2. The summed E-state index contributed by atoms with van der Waals surface area (Å²) in [6, 6.07) is 17.1. The number of aromatic nitrogens is 1. The van der Waals surface area contributed by atoms with Gasteiger partial charge < -0.3 is 4.57 Å². The maximum absolute atomic E-state index is 9.60. The predicted octanol–water partition coefficient (Wildman–Crippen LogP) is 7.12. The topological polar surface area (TPSA) is 28.7 Å². The van der Waals surface area contributed by atoms with E-state index >= 15 is 0 Å². The van der Waals surface area contributed by atoms with Gasteiger partial charge in [-0.1, -0.05) is 53.0 Å². The Morgan fingerprint density at radius 1 is 0.962 bits per heavy atom. The summed E-state index contributed by atoms with van der Waals surface area (Å²) in [5.74, 6) is 0. The lowest BCUT2D eigenvalue weighted by molar-refractivity contribution is 0.965. The van der Waals surface area contributed by atoms with E-state index in [9.17, 15) is 5.26 Å². The SMILES string of the molecule is Cc1cc(C=C(C#N)c2ccccc2Cl)c(C)n1-c1ccc(Cl)c(Cl)c1. The molecule has 0 spiro atoms. The van der Waals surface area contributed by atoms with E-state index in [1.54, 1.807) is 12.1 Å². The van der Waals surface area contributed by atoms with Crippen LogP contribution in [-0.2, 0) is 0 Å². The Bertz CT molecular complexity index is 1060. The quantitative estimate of drug-likeness (QED) is 0.429. The van der Waals surface area contributed by atoms with Crippen molar-refractivity contribution >= 4 is 46.5 Å². The van der Waals surface area contributed by atoms with Gasteiger partial charge in [-0.15, -0.1) is 0 Å². The first-order valence-electron chi connectivity index (χ1n) is 7.93. The minimum atomic E-state index is 0.502. The fraction of sp³-hybridized carbons (Fsp3) is 0.0952. The van der Waals surface area contributed by atoms with Gasteiger partial charge in [0.2, 0.25) is 0 Å². The molecule has 0 saturated carbocycles. The van der Waals surface area contributed by atoms with Crippen LogP contribution in [0.4, 0.5) is 0 Å². The van der Waals surface area contributed by atoms with E-state index in [0.29, 0.717) is 20.6 Å². The highest BCUT2D eigenvalue weighted by atomic mass is 35.5. The number of hydrogen-bond acceptors (Lipinski definition) is 1. The molecule has 0 saturated heterocycles. The van der Waals surface area contributed by atoms with Crippen molar-refractivity contribution in [2.24, 2.45) is 0 Å². The zero-order chi connectivity index (χ0) is 18.8. The van der Waals surface area contributed by atoms with Crippen molar-refractivity contribution in [3.05, 3.63) is 86.1 Å². The van der Waals surface area contributed by atoms with E-state index < -0.39 is 0 Å². The van der Waals surface area contributed by atoms with Crippen LogP contribution in [-0.4, -0.2) is 4.57 Å². The summed E-state index contributed by atoms with van der Waals surface area (Å²) < 4.78 is 2.08. The Labute approximate surface area is 167 Å². The van der Waals surface area contributed by atoms with Gasteiger partial charge in [-0.3, -0.25) is 0 Å². The van der Waals surface area contributed by atoms with Crippen LogP contribution in [0.2, 0.25) is 15.1 Å². The summed E-state index contributed by atoms with van der Waals surface area (Å²) in [4.78, 5) is 0. The van der Waals surface area contributed by atoms with Crippen LogP contribution in [0.5, 0.6) is 0 Å². The zero-order valence-corrected chi connectivity index (χ0v) is 16.5. The second-order valence-electron chi connectivity index (χ2n) is 5.91. The highest BCUT2D eigenvalue weighted by Gasteiger charge is 2.13. The Hall–Kier alpha value is -2.18. The Balaban J connectivity index is 2.12. The lowest BCUT2D eigenvalue weighted by atomic mass is 10.0. The van der Waals surface area contributed by atoms with Gasteiger partial charge in [-0.2, -0.15) is 5.26 Å². The molecule has 0 aliphatic carbocycles. The Morgan fingerprint density at radius 2 is 1.69 bits per heavy atom. The fourth-order valence-corrected chi connectivity index (χ4v) is 3.49. The van der Waals surface area contributed by atoms with Crippen molar-refractivity contribution in [1.82, 2.24) is 4.57 Å². The molecule has 0 aliphatic rings. The molecule has 0 bridgehead atoms. The molecule has 0 N–H and O–H groups in total. The molecule has 0 fully saturated rings. The average Bonchev–Trinajstić information content (AvgIpc) is 2.89. The molecular formula is C21H15Cl3N2. The lowest BCUT2D eigenvalue weighted by Crippen LogP contribution is -1.99. The number of halogens is 3. The second-order valence-corrected chi connectivity index (χ2v) is 7.13. The third-order valence-electron chi connectivity index (χ3n) is 4.22. The van der Waals surface area contributed by atoms with Crippen LogP contribution in [0.25, 0.3) is 17.3 Å². The standard InChI is InChI=1S/C21H15Cl3N2/c1-13-9-15(10-16(12-25)18-5-3-4-6-19(18)22)14(2)26(13)17-7-8-20(23)21(24)11-17/h3-11H,1-2H3. The number of allylic oxidation sites excluding steroid dienone is 1. The van der Waals surface area contributed by atoms with Crippen molar-refractivity contribution in [3.8, 4) is 11.8 Å². The molecule has 1 aromatic heterocycles. The Kier molecular flexibility index (Phi) is 5.44. The Morgan fingerprint density at radius 3 is 2.35 bits per heavy atom. The molecule has 2 aromatic carbocycles. The molecule has 1 heterocycles. The molecule has 0 atom stereocenters. The number of hydrogen-bond donors (Lipinski definition) is 0. The maximum Gasteiger partial charge on any atom is 0.0998 e. The van der Waals surface area contributed by atoms with Gasteiger partial charge in [0.1, 0.15) is 0 Å². The average molecular weight is 402 g/mol. The van der Waals surface area contributed by atoms with Crippen LogP contribution in [0.3, 0.4) is 0 Å². The van der Waals surface area contributed by atoms with Gasteiger partial charge in [0.25, 0.3) is 0 Å². The molecule has 5 heteroatoms. The molecule has 0 unspecified atom stereocenters. The van der Waals surface area contributed by atoms with E-state index in [1.165, 1.54) is 0 Å². The van der Waals surface area contributed by atoms with Crippen molar-refractivity contribution in [2.45, 2.75) is 13.8 Å². The third kappa shape index (κ3) is 3.52. The predicted molar refractivity (Wildman–Crippen MR) is 110 cm³/mol. The summed E-state index contributed by atoms with van der Waals surface area (Å²) in [7, 11) is 0. The molecule has 2 nitrogen and oxygen atoms in total. The fourth-order valence-electron chi connectivity index (χ4n) is 2.96. The van der Waals surface area contributed by atoms with Gasteiger partial charge in [-0.25, -0.2) is 0 Å². The smallest absolute Gasteiger partial charge is 0.0998 e. The van der Waals surface area contributed by atoms with Gasteiger partial charge in [0.05, 0.1) is 21.7 Å². The molecule has 3 rings (SSSR count). The van der Waals surface area contributed by atoms with Crippen LogP contribution >= 0.6 is 34.8 Å². The van der Waals surface area contributed by atoms with E-state index in [1.807, 2.05) is 56.3 Å². The van der Waals surface area contributed by atoms with Gasteiger partial charge in [-0.05, 0) is 55.8 Å². The molecule has 0 amide bonds. The molecule has 130 valence electrons. The largest absolute Gasteiger partial charge is 0.318 e. The molecule has 3 aromatic rings. The highest BCUT2D eigenvalue weighted by molar-refractivity contribution is 6.42. The number of nitrogens with zero attached hydrogens (tertiary/aromatic N) is 2. The molecule has 26 heavy (non-hydrogen) atoms. The molecular weight excluding hydrogens is 387 g/mol. The van der Waals surface area contributed by atoms with Gasteiger partial charge in [0, 0.05) is 27.7 Å². The van der Waals surface area contributed by atoms with E-state index in [4.69, 9.17) is 34.8 Å².